The number of nitrogens with zero attached hydrogens (tertiary/aromatic N) is 2. The van der Waals surface area contributed by atoms with Gasteiger partial charge in [-0.3, -0.25) is 4.68 Å². The van der Waals surface area contributed by atoms with Gasteiger partial charge in [0.1, 0.15) is 0 Å². The van der Waals surface area contributed by atoms with Crippen molar-refractivity contribution in [1.82, 2.24) is 9.78 Å². The van der Waals surface area contributed by atoms with E-state index in [1.54, 1.807) is 4.68 Å². The summed E-state index contributed by atoms with van der Waals surface area (Å²) in [5.41, 5.74) is 7.93. The smallest absolute Gasteiger partial charge is 0.0667 e. The highest BCUT2D eigenvalue weighted by Crippen LogP contribution is 2.20. The van der Waals surface area contributed by atoms with Crippen molar-refractivity contribution in [2.75, 3.05) is 11.9 Å². The Morgan fingerprint density at radius 3 is 2.65 bits per heavy atom. The van der Waals surface area contributed by atoms with E-state index in [-0.39, 0.29) is 6.04 Å². The molecule has 0 aliphatic carbocycles. The fourth-order valence-corrected chi connectivity index (χ4v) is 1.91. The molecule has 1 heterocycles. The monoisotopic (exact) mass is 294 g/mol. The van der Waals surface area contributed by atoms with Crippen LogP contribution in [0.1, 0.15) is 11.6 Å². The molecule has 0 aliphatic rings. The van der Waals surface area contributed by atoms with Crippen molar-refractivity contribution in [2.24, 2.45) is 12.8 Å². The number of benzene rings is 1. The minimum absolute atomic E-state index is 0.0878. The molecule has 2 rings (SSSR count). The van der Waals surface area contributed by atoms with E-state index in [0.717, 1.165) is 15.7 Å². The first kappa shape index (κ1) is 12.1. The molecule has 4 nitrogen and oxygen atoms in total. The van der Waals surface area contributed by atoms with E-state index in [4.69, 9.17) is 5.73 Å². The molecule has 0 spiro atoms. The van der Waals surface area contributed by atoms with E-state index >= 15 is 0 Å². The Morgan fingerprint density at radius 1 is 1.41 bits per heavy atom. The lowest BCUT2D eigenvalue weighted by molar-refractivity contribution is 0.759. The molecule has 3 N–H and O–H groups in total. The van der Waals surface area contributed by atoms with Gasteiger partial charge in [-0.05, 0) is 24.3 Å². The highest BCUT2D eigenvalue weighted by atomic mass is 79.9. The molecular formula is C12H15BrN4. The molecule has 2 aromatic rings. The van der Waals surface area contributed by atoms with Crippen molar-refractivity contribution in [3.8, 4) is 0 Å². The van der Waals surface area contributed by atoms with Crippen LogP contribution in [0.4, 0.5) is 5.69 Å². The van der Waals surface area contributed by atoms with E-state index in [0.29, 0.717) is 6.54 Å². The fraction of sp³-hybridized carbons (Fsp3) is 0.250. The predicted molar refractivity (Wildman–Crippen MR) is 72.8 cm³/mol. The van der Waals surface area contributed by atoms with E-state index in [1.165, 1.54) is 0 Å². The first-order valence-electron chi connectivity index (χ1n) is 5.40. The van der Waals surface area contributed by atoms with Crippen LogP contribution in [0.3, 0.4) is 0 Å². The third-order valence-electron chi connectivity index (χ3n) is 2.55. The summed E-state index contributed by atoms with van der Waals surface area (Å²) in [7, 11) is 1.90. The van der Waals surface area contributed by atoms with Crippen molar-refractivity contribution in [3.05, 3.63) is 46.7 Å². The van der Waals surface area contributed by atoms with Crippen molar-refractivity contribution in [3.63, 3.8) is 0 Å². The summed E-state index contributed by atoms with van der Waals surface area (Å²) in [4.78, 5) is 0. The Labute approximate surface area is 109 Å². The largest absolute Gasteiger partial charge is 0.377 e. The molecule has 17 heavy (non-hydrogen) atoms. The molecule has 1 unspecified atom stereocenters. The van der Waals surface area contributed by atoms with E-state index in [9.17, 15) is 0 Å². The molecule has 0 bridgehead atoms. The van der Waals surface area contributed by atoms with Gasteiger partial charge in [-0.2, -0.15) is 5.10 Å². The number of rotatable bonds is 4. The third kappa shape index (κ3) is 3.08. The zero-order valence-electron chi connectivity index (χ0n) is 9.60. The summed E-state index contributed by atoms with van der Waals surface area (Å²) < 4.78 is 2.84. The highest BCUT2D eigenvalue weighted by Gasteiger charge is 2.10. The number of hydrogen-bond donors (Lipinski definition) is 2. The number of aromatic nitrogens is 2. The van der Waals surface area contributed by atoms with Gasteiger partial charge in [0.15, 0.2) is 0 Å². The van der Waals surface area contributed by atoms with Crippen LogP contribution in [-0.4, -0.2) is 16.3 Å². The maximum absolute atomic E-state index is 5.78. The molecule has 0 amide bonds. The van der Waals surface area contributed by atoms with Crippen molar-refractivity contribution in [1.29, 1.82) is 0 Å². The highest BCUT2D eigenvalue weighted by molar-refractivity contribution is 9.10. The average Bonchev–Trinajstić information content (AvgIpc) is 2.75. The maximum Gasteiger partial charge on any atom is 0.0667 e. The van der Waals surface area contributed by atoms with Gasteiger partial charge >= 0.3 is 0 Å². The lowest BCUT2D eigenvalue weighted by Crippen LogP contribution is -2.20. The summed E-state index contributed by atoms with van der Waals surface area (Å²) in [6, 6.07) is 8.12. The number of nitrogens with two attached hydrogens (primary N) is 1. The number of hydrogen-bond acceptors (Lipinski definition) is 3. The molecule has 0 radical (unpaired) electrons. The topological polar surface area (TPSA) is 55.9 Å². The second kappa shape index (κ2) is 5.33. The zero-order valence-corrected chi connectivity index (χ0v) is 11.2. The van der Waals surface area contributed by atoms with Gasteiger partial charge in [-0.1, -0.05) is 15.9 Å². The Morgan fingerprint density at radius 2 is 2.12 bits per heavy atom. The van der Waals surface area contributed by atoms with Gasteiger partial charge in [0.2, 0.25) is 0 Å². The molecule has 1 aromatic heterocycles. The normalized spacial score (nSPS) is 12.4. The minimum Gasteiger partial charge on any atom is -0.377 e. The Balaban J connectivity index is 2.12. The molecule has 5 heteroatoms. The fourth-order valence-electron chi connectivity index (χ4n) is 1.65. The van der Waals surface area contributed by atoms with Crippen LogP contribution in [0.25, 0.3) is 0 Å². The van der Waals surface area contributed by atoms with Crippen molar-refractivity contribution in [2.45, 2.75) is 6.04 Å². The maximum atomic E-state index is 5.78. The Hall–Kier alpha value is -1.33. The second-order valence-corrected chi connectivity index (χ2v) is 4.80. The zero-order chi connectivity index (χ0) is 12.3. The SMILES string of the molecule is Cn1cc(C(CN)Nc2ccc(Br)cc2)cn1. The summed E-state index contributed by atoms with van der Waals surface area (Å²) in [5, 5.41) is 7.54. The molecule has 1 aromatic carbocycles. The van der Waals surface area contributed by atoms with E-state index < -0.39 is 0 Å². The quantitative estimate of drug-likeness (QED) is 0.910. The second-order valence-electron chi connectivity index (χ2n) is 3.89. The number of nitrogens with one attached hydrogen (secondary N) is 1. The molecule has 0 saturated carbocycles. The van der Waals surface area contributed by atoms with Gasteiger partial charge in [0.25, 0.3) is 0 Å². The molecule has 0 fully saturated rings. The molecule has 1 atom stereocenters. The average molecular weight is 295 g/mol. The third-order valence-corrected chi connectivity index (χ3v) is 3.08. The van der Waals surface area contributed by atoms with Crippen LogP contribution < -0.4 is 11.1 Å². The molecular weight excluding hydrogens is 280 g/mol. The van der Waals surface area contributed by atoms with Crippen molar-refractivity contribution < 1.29 is 0 Å². The predicted octanol–water partition coefficient (Wildman–Crippen LogP) is 2.29. The minimum atomic E-state index is 0.0878. The first-order chi connectivity index (χ1) is 8.19. The standard InChI is InChI=1S/C12H15BrN4/c1-17-8-9(7-15-17)12(6-14)16-11-4-2-10(13)3-5-11/h2-5,7-8,12,16H,6,14H2,1H3. The van der Waals surface area contributed by atoms with Crippen LogP contribution in [0, 0.1) is 0 Å². The summed E-state index contributed by atoms with van der Waals surface area (Å²) in [5.74, 6) is 0. The van der Waals surface area contributed by atoms with Gasteiger partial charge in [0, 0.05) is 35.5 Å². The number of anilines is 1. The van der Waals surface area contributed by atoms with Crippen LogP contribution in [-0.2, 0) is 7.05 Å². The first-order valence-corrected chi connectivity index (χ1v) is 6.19. The van der Waals surface area contributed by atoms with Gasteiger partial charge in [-0.25, -0.2) is 0 Å². The molecule has 0 saturated heterocycles. The van der Waals surface area contributed by atoms with Crippen molar-refractivity contribution >= 4 is 21.6 Å². The van der Waals surface area contributed by atoms with Crippen LogP contribution in [0.5, 0.6) is 0 Å². The lowest BCUT2D eigenvalue weighted by Gasteiger charge is -2.16. The van der Waals surface area contributed by atoms with Crippen LogP contribution in [0.15, 0.2) is 41.1 Å². The van der Waals surface area contributed by atoms with Gasteiger partial charge in [0.05, 0.1) is 12.2 Å². The van der Waals surface area contributed by atoms with E-state index in [1.807, 2.05) is 43.7 Å². The molecule has 90 valence electrons. The van der Waals surface area contributed by atoms with Crippen LogP contribution in [0.2, 0.25) is 0 Å². The summed E-state index contributed by atoms with van der Waals surface area (Å²) >= 11 is 3.41. The van der Waals surface area contributed by atoms with E-state index in [2.05, 4.69) is 26.3 Å². The number of halogens is 1. The van der Waals surface area contributed by atoms with Gasteiger partial charge in [-0.15, -0.1) is 0 Å². The Bertz CT molecular complexity index is 478. The Kier molecular flexibility index (Phi) is 3.81. The van der Waals surface area contributed by atoms with Crippen LogP contribution >= 0.6 is 15.9 Å². The summed E-state index contributed by atoms with van der Waals surface area (Å²) in [6.45, 7) is 0.530. The summed E-state index contributed by atoms with van der Waals surface area (Å²) in [6.07, 6.45) is 3.81. The lowest BCUT2D eigenvalue weighted by atomic mass is 10.1. The molecule has 0 aliphatic heterocycles. The van der Waals surface area contributed by atoms with Gasteiger partial charge < -0.3 is 11.1 Å². The number of aryl methyl sites for hydroxylation is 1.